The van der Waals surface area contributed by atoms with Crippen molar-refractivity contribution in [2.24, 2.45) is 0 Å². The molecule has 0 amide bonds. The van der Waals surface area contributed by atoms with Crippen LogP contribution in [0.25, 0.3) is 0 Å². The number of methoxy groups -OCH3 is 1. The molecule has 0 aliphatic rings. The zero-order valence-corrected chi connectivity index (χ0v) is 13.2. The van der Waals surface area contributed by atoms with Gasteiger partial charge in [-0.15, -0.1) is 11.3 Å². The van der Waals surface area contributed by atoms with Gasteiger partial charge in [-0.05, 0) is 25.1 Å². The molecule has 0 unspecified atom stereocenters. The molecule has 6 nitrogen and oxygen atoms in total. The third-order valence-corrected chi connectivity index (χ3v) is 5.60. The molecular weight excluding hydrogens is 333 g/mol. The number of nitrogens with one attached hydrogen (secondary N) is 1. The minimum Gasteiger partial charge on any atom is -0.495 e. The molecule has 22 heavy (non-hydrogen) atoms. The molecule has 0 radical (unpaired) electrons. The van der Waals surface area contributed by atoms with Crippen molar-refractivity contribution in [3.05, 3.63) is 40.5 Å². The fourth-order valence-corrected chi connectivity index (χ4v) is 4.06. The van der Waals surface area contributed by atoms with Crippen molar-refractivity contribution in [1.82, 2.24) is 0 Å². The van der Waals surface area contributed by atoms with Crippen LogP contribution in [0.1, 0.15) is 15.2 Å². The summed E-state index contributed by atoms with van der Waals surface area (Å²) in [6.07, 6.45) is 0. The number of benzene rings is 1. The fourth-order valence-electron chi connectivity index (χ4n) is 1.72. The molecule has 118 valence electrons. The van der Waals surface area contributed by atoms with Crippen molar-refractivity contribution in [2.45, 2.75) is 11.1 Å². The summed E-state index contributed by atoms with van der Waals surface area (Å²) in [6, 6.07) is 4.77. The Labute approximate surface area is 130 Å². The van der Waals surface area contributed by atoms with Crippen molar-refractivity contribution in [3.8, 4) is 5.75 Å². The van der Waals surface area contributed by atoms with Gasteiger partial charge in [0.15, 0.2) is 0 Å². The molecule has 2 rings (SSSR count). The van der Waals surface area contributed by atoms with Gasteiger partial charge >= 0.3 is 5.97 Å². The average Bonchev–Trinajstić information content (AvgIpc) is 2.85. The Kier molecular flexibility index (Phi) is 4.38. The van der Waals surface area contributed by atoms with Crippen LogP contribution in [0.2, 0.25) is 0 Å². The van der Waals surface area contributed by atoms with Gasteiger partial charge in [0, 0.05) is 10.9 Å². The number of hydrogen-bond acceptors (Lipinski definition) is 5. The summed E-state index contributed by atoms with van der Waals surface area (Å²) in [7, 11) is -2.67. The second-order valence-corrected chi connectivity index (χ2v) is 7.51. The van der Waals surface area contributed by atoms with Crippen molar-refractivity contribution in [1.29, 1.82) is 0 Å². The number of anilines is 1. The van der Waals surface area contributed by atoms with Crippen molar-refractivity contribution < 1.29 is 27.4 Å². The van der Waals surface area contributed by atoms with Gasteiger partial charge in [-0.1, -0.05) is 0 Å². The molecule has 2 aromatic rings. The molecule has 0 aliphatic carbocycles. The average molecular weight is 345 g/mol. The van der Waals surface area contributed by atoms with Crippen LogP contribution in [0.5, 0.6) is 5.75 Å². The predicted molar refractivity (Wildman–Crippen MR) is 79.8 cm³/mol. The van der Waals surface area contributed by atoms with Gasteiger partial charge in [-0.3, -0.25) is 4.72 Å². The second-order valence-electron chi connectivity index (χ2n) is 4.31. The Morgan fingerprint density at radius 1 is 1.36 bits per heavy atom. The molecule has 0 saturated heterocycles. The molecule has 9 heteroatoms. The SMILES string of the molecule is COc1cc(C(=O)O)c(F)cc1NS(=O)(=O)c1ccc(C)s1. The maximum absolute atomic E-state index is 13.7. The van der Waals surface area contributed by atoms with E-state index >= 15 is 0 Å². The third kappa shape index (κ3) is 3.20. The lowest BCUT2D eigenvalue weighted by Crippen LogP contribution is -2.13. The Balaban J connectivity index is 2.45. The molecule has 0 saturated carbocycles. The van der Waals surface area contributed by atoms with Gasteiger partial charge in [-0.2, -0.15) is 0 Å². The first-order valence-corrected chi connectivity index (χ1v) is 8.24. The van der Waals surface area contributed by atoms with Crippen LogP contribution in [0.3, 0.4) is 0 Å². The zero-order chi connectivity index (χ0) is 16.5. The molecule has 0 spiro atoms. The molecule has 1 heterocycles. The van der Waals surface area contributed by atoms with Crippen LogP contribution in [0, 0.1) is 12.7 Å². The van der Waals surface area contributed by atoms with Crippen LogP contribution >= 0.6 is 11.3 Å². The summed E-state index contributed by atoms with van der Waals surface area (Å²) in [5.41, 5.74) is -0.775. The minimum atomic E-state index is -3.90. The summed E-state index contributed by atoms with van der Waals surface area (Å²) in [4.78, 5) is 11.7. The zero-order valence-electron chi connectivity index (χ0n) is 11.6. The standard InChI is InChI=1S/C13H12FNO5S2/c1-7-3-4-12(21-7)22(18,19)15-10-6-9(14)8(13(16)17)5-11(10)20-2/h3-6,15H,1-2H3,(H,16,17). The molecule has 0 bridgehead atoms. The van der Waals surface area contributed by atoms with Gasteiger partial charge in [-0.25, -0.2) is 17.6 Å². The molecule has 0 aliphatic heterocycles. The molecule has 0 fully saturated rings. The Hall–Kier alpha value is -2.13. The Morgan fingerprint density at radius 2 is 2.05 bits per heavy atom. The summed E-state index contributed by atoms with van der Waals surface area (Å²) in [5, 5.41) is 8.86. The number of aromatic carboxylic acids is 1. The highest BCUT2D eigenvalue weighted by atomic mass is 32.2. The van der Waals surface area contributed by atoms with Crippen LogP contribution in [-0.4, -0.2) is 26.6 Å². The molecule has 1 aromatic heterocycles. The van der Waals surface area contributed by atoms with E-state index in [1.807, 2.05) is 0 Å². The largest absolute Gasteiger partial charge is 0.495 e. The van der Waals surface area contributed by atoms with Crippen LogP contribution < -0.4 is 9.46 Å². The predicted octanol–water partition coefficient (Wildman–Crippen LogP) is 2.70. The summed E-state index contributed by atoms with van der Waals surface area (Å²) in [6.45, 7) is 1.76. The second kappa shape index (κ2) is 5.93. The van der Waals surface area contributed by atoms with Crippen molar-refractivity contribution in [3.63, 3.8) is 0 Å². The monoisotopic (exact) mass is 345 g/mol. The lowest BCUT2D eigenvalue weighted by atomic mass is 10.2. The van der Waals surface area contributed by atoms with E-state index in [9.17, 15) is 17.6 Å². The lowest BCUT2D eigenvalue weighted by molar-refractivity contribution is 0.0691. The number of rotatable bonds is 5. The van der Waals surface area contributed by atoms with E-state index in [-0.39, 0.29) is 15.6 Å². The van der Waals surface area contributed by atoms with Gasteiger partial charge in [0.25, 0.3) is 10.0 Å². The van der Waals surface area contributed by atoms with E-state index in [4.69, 9.17) is 9.84 Å². The molecule has 2 N–H and O–H groups in total. The van der Waals surface area contributed by atoms with E-state index in [1.165, 1.54) is 13.2 Å². The number of ether oxygens (including phenoxy) is 1. The summed E-state index contributed by atoms with van der Waals surface area (Å²) >= 11 is 1.06. The third-order valence-electron chi connectivity index (χ3n) is 2.74. The number of carboxylic acids is 1. The first-order valence-electron chi connectivity index (χ1n) is 5.94. The smallest absolute Gasteiger partial charge is 0.338 e. The highest BCUT2D eigenvalue weighted by Gasteiger charge is 2.21. The van der Waals surface area contributed by atoms with E-state index < -0.39 is 27.4 Å². The number of aryl methyl sites for hydroxylation is 1. The van der Waals surface area contributed by atoms with E-state index in [2.05, 4.69) is 4.72 Å². The number of carbonyl (C=O) groups is 1. The maximum Gasteiger partial charge on any atom is 0.338 e. The first-order chi connectivity index (χ1) is 10.2. The molecule has 0 atom stereocenters. The van der Waals surface area contributed by atoms with Crippen molar-refractivity contribution in [2.75, 3.05) is 11.8 Å². The lowest BCUT2D eigenvalue weighted by Gasteiger charge is -2.12. The number of carboxylic acid groups (broad SMARTS) is 1. The quantitative estimate of drug-likeness (QED) is 0.869. The van der Waals surface area contributed by atoms with Gasteiger partial charge in [0.2, 0.25) is 0 Å². The van der Waals surface area contributed by atoms with Crippen LogP contribution in [-0.2, 0) is 10.0 Å². The van der Waals surface area contributed by atoms with Crippen LogP contribution in [0.15, 0.2) is 28.5 Å². The van der Waals surface area contributed by atoms with E-state index in [1.54, 1.807) is 13.0 Å². The van der Waals surface area contributed by atoms with E-state index in [0.717, 1.165) is 28.3 Å². The topological polar surface area (TPSA) is 92.7 Å². The highest BCUT2D eigenvalue weighted by Crippen LogP contribution is 2.31. The highest BCUT2D eigenvalue weighted by molar-refractivity contribution is 7.94. The summed E-state index contributed by atoms with van der Waals surface area (Å²) in [5.74, 6) is -2.62. The normalized spacial score (nSPS) is 11.2. The minimum absolute atomic E-state index is 0.0646. The van der Waals surface area contributed by atoms with Gasteiger partial charge in [0.05, 0.1) is 18.4 Å². The Bertz CT molecular complexity index is 829. The number of sulfonamides is 1. The molecular formula is C13H12FNO5S2. The van der Waals surface area contributed by atoms with Crippen LogP contribution in [0.4, 0.5) is 10.1 Å². The number of hydrogen-bond donors (Lipinski definition) is 2. The van der Waals surface area contributed by atoms with Crippen molar-refractivity contribution >= 4 is 33.0 Å². The van der Waals surface area contributed by atoms with Gasteiger partial charge < -0.3 is 9.84 Å². The molecule has 1 aromatic carbocycles. The fraction of sp³-hybridized carbons (Fsp3) is 0.154. The first kappa shape index (κ1) is 16.2. The van der Waals surface area contributed by atoms with Gasteiger partial charge in [0.1, 0.15) is 15.8 Å². The Morgan fingerprint density at radius 3 is 2.55 bits per heavy atom. The number of halogens is 1. The van der Waals surface area contributed by atoms with E-state index in [0.29, 0.717) is 0 Å². The number of thiophene rings is 1. The summed E-state index contributed by atoms with van der Waals surface area (Å²) < 4.78 is 45.4. The maximum atomic E-state index is 13.7.